The van der Waals surface area contributed by atoms with Gasteiger partial charge in [-0.1, -0.05) is 28.1 Å². The number of nitrogens with zero attached hydrogens (tertiary/aromatic N) is 1. The fourth-order valence-electron chi connectivity index (χ4n) is 2.18. The molecule has 96 valence electrons. The standard InChI is InChI=1S/C13H14BrNO3/c14-11-3-1-9(2-4-11)12(16)10-5-7-15(8-6-10)13(17)18/h1-4,10H,5-8H2,(H,17,18). The van der Waals surface area contributed by atoms with Gasteiger partial charge in [0.05, 0.1) is 0 Å². The molecular weight excluding hydrogens is 298 g/mol. The number of amides is 1. The van der Waals surface area contributed by atoms with Crippen molar-refractivity contribution in [2.24, 2.45) is 5.92 Å². The molecule has 0 spiro atoms. The molecule has 0 bridgehead atoms. The molecule has 1 aromatic rings. The van der Waals surface area contributed by atoms with Gasteiger partial charge in [-0.3, -0.25) is 4.79 Å². The molecule has 4 nitrogen and oxygen atoms in total. The van der Waals surface area contributed by atoms with E-state index in [4.69, 9.17) is 5.11 Å². The van der Waals surface area contributed by atoms with Crippen molar-refractivity contribution in [1.29, 1.82) is 0 Å². The Morgan fingerprint density at radius 1 is 1.17 bits per heavy atom. The maximum absolute atomic E-state index is 12.2. The van der Waals surface area contributed by atoms with Gasteiger partial charge in [0.15, 0.2) is 5.78 Å². The third-order valence-corrected chi connectivity index (χ3v) is 3.79. The second kappa shape index (κ2) is 5.52. The van der Waals surface area contributed by atoms with Crippen LogP contribution in [0.4, 0.5) is 4.79 Å². The highest BCUT2D eigenvalue weighted by molar-refractivity contribution is 9.10. The van der Waals surface area contributed by atoms with Gasteiger partial charge in [-0.15, -0.1) is 0 Å². The van der Waals surface area contributed by atoms with E-state index in [1.54, 1.807) is 12.1 Å². The number of carbonyl (C=O) groups excluding carboxylic acids is 1. The molecule has 18 heavy (non-hydrogen) atoms. The molecule has 0 radical (unpaired) electrons. The van der Waals surface area contributed by atoms with Crippen LogP contribution in [0.5, 0.6) is 0 Å². The fourth-order valence-corrected chi connectivity index (χ4v) is 2.45. The number of carbonyl (C=O) groups is 2. The van der Waals surface area contributed by atoms with E-state index >= 15 is 0 Å². The molecule has 1 aliphatic rings. The maximum Gasteiger partial charge on any atom is 0.407 e. The van der Waals surface area contributed by atoms with Crippen LogP contribution in [0.1, 0.15) is 23.2 Å². The molecule has 1 amide bonds. The van der Waals surface area contributed by atoms with Crippen LogP contribution in [0.25, 0.3) is 0 Å². The SMILES string of the molecule is O=C(c1ccc(Br)cc1)C1CCN(C(=O)O)CC1. The van der Waals surface area contributed by atoms with Crippen LogP contribution in [0.2, 0.25) is 0 Å². The predicted octanol–water partition coefficient (Wildman–Crippen LogP) is 3.02. The molecule has 1 N–H and O–H groups in total. The molecule has 1 fully saturated rings. The molecule has 1 aromatic carbocycles. The van der Waals surface area contributed by atoms with Gasteiger partial charge in [0.1, 0.15) is 0 Å². The van der Waals surface area contributed by atoms with Crippen LogP contribution >= 0.6 is 15.9 Å². The Bertz CT molecular complexity index is 450. The molecule has 0 aliphatic carbocycles. The van der Waals surface area contributed by atoms with E-state index in [1.807, 2.05) is 12.1 Å². The summed E-state index contributed by atoms with van der Waals surface area (Å²) in [6, 6.07) is 7.30. The Morgan fingerprint density at radius 2 is 1.72 bits per heavy atom. The highest BCUT2D eigenvalue weighted by atomic mass is 79.9. The molecular formula is C13H14BrNO3. The summed E-state index contributed by atoms with van der Waals surface area (Å²) in [6.45, 7) is 0.893. The number of benzene rings is 1. The highest BCUT2D eigenvalue weighted by Gasteiger charge is 2.27. The second-order valence-corrected chi connectivity index (χ2v) is 5.33. The minimum absolute atomic E-state index is 0.0539. The van der Waals surface area contributed by atoms with Crippen LogP contribution in [-0.4, -0.2) is 35.0 Å². The predicted molar refractivity (Wildman–Crippen MR) is 70.8 cm³/mol. The van der Waals surface area contributed by atoms with Crippen LogP contribution in [-0.2, 0) is 0 Å². The molecule has 0 saturated carbocycles. The topological polar surface area (TPSA) is 57.6 Å². The van der Waals surface area contributed by atoms with Gasteiger partial charge in [0.25, 0.3) is 0 Å². The third kappa shape index (κ3) is 2.90. The van der Waals surface area contributed by atoms with E-state index in [0.29, 0.717) is 31.5 Å². The normalized spacial score (nSPS) is 16.6. The lowest BCUT2D eigenvalue weighted by atomic mass is 9.89. The first-order valence-electron chi connectivity index (χ1n) is 5.85. The summed E-state index contributed by atoms with van der Waals surface area (Å²) in [5, 5.41) is 8.85. The molecule has 1 heterocycles. The van der Waals surface area contributed by atoms with E-state index in [-0.39, 0.29) is 11.7 Å². The van der Waals surface area contributed by atoms with Gasteiger partial charge in [0, 0.05) is 29.0 Å². The van der Waals surface area contributed by atoms with Crippen molar-refractivity contribution in [1.82, 2.24) is 4.90 Å². The molecule has 0 atom stereocenters. The minimum Gasteiger partial charge on any atom is -0.465 e. The number of rotatable bonds is 2. The van der Waals surface area contributed by atoms with Crippen molar-refractivity contribution in [3.05, 3.63) is 34.3 Å². The Kier molecular flexibility index (Phi) is 4.01. The first-order chi connectivity index (χ1) is 8.58. The van der Waals surface area contributed by atoms with E-state index in [0.717, 1.165) is 4.47 Å². The van der Waals surface area contributed by atoms with Gasteiger partial charge in [-0.2, -0.15) is 0 Å². The van der Waals surface area contributed by atoms with Gasteiger partial charge in [-0.05, 0) is 25.0 Å². The molecule has 5 heteroatoms. The average Bonchev–Trinajstić information content (AvgIpc) is 2.39. The zero-order valence-electron chi connectivity index (χ0n) is 9.80. The summed E-state index contributed by atoms with van der Waals surface area (Å²) in [5.74, 6) is 0.0642. The monoisotopic (exact) mass is 311 g/mol. The van der Waals surface area contributed by atoms with E-state index < -0.39 is 6.09 Å². The highest BCUT2D eigenvalue weighted by Crippen LogP contribution is 2.22. The zero-order valence-corrected chi connectivity index (χ0v) is 11.4. The maximum atomic E-state index is 12.2. The van der Waals surface area contributed by atoms with Crippen molar-refractivity contribution in [2.45, 2.75) is 12.8 Å². The molecule has 2 rings (SSSR count). The van der Waals surface area contributed by atoms with Crippen LogP contribution in [0, 0.1) is 5.92 Å². The van der Waals surface area contributed by atoms with Crippen LogP contribution in [0.15, 0.2) is 28.7 Å². The number of Topliss-reactive ketones (excluding diaryl/α,β-unsaturated/α-hetero) is 1. The van der Waals surface area contributed by atoms with Gasteiger partial charge < -0.3 is 10.0 Å². The number of carboxylic acid groups (broad SMARTS) is 1. The molecule has 0 aromatic heterocycles. The van der Waals surface area contributed by atoms with Crippen molar-refractivity contribution in [3.8, 4) is 0 Å². The summed E-state index contributed by atoms with van der Waals surface area (Å²) in [5.41, 5.74) is 0.701. The number of halogens is 1. The fraction of sp³-hybridized carbons (Fsp3) is 0.385. The summed E-state index contributed by atoms with van der Waals surface area (Å²) in [6.07, 6.45) is 0.326. The first-order valence-corrected chi connectivity index (χ1v) is 6.65. The Hall–Kier alpha value is -1.36. The van der Waals surface area contributed by atoms with E-state index in [1.165, 1.54) is 4.90 Å². The van der Waals surface area contributed by atoms with Crippen molar-refractivity contribution < 1.29 is 14.7 Å². The van der Waals surface area contributed by atoms with E-state index in [2.05, 4.69) is 15.9 Å². The molecule has 1 saturated heterocycles. The number of hydrogen-bond acceptors (Lipinski definition) is 2. The average molecular weight is 312 g/mol. The van der Waals surface area contributed by atoms with Gasteiger partial charge in [-0.25, -0.2) is 4.79 Å². The number of likely N-dealkylation sites (tertiary alicyclic amines) is 1. The molecule has 0 unspecified atom stereocenters. The van der Waals surface area contributed by atoms with Gasteiger partial charge in [0.2, 0.25) is 0 Å². The lowest BCUT2D eigenvalue weighted by Crippen LogP contribution is -2.39. The molecule has 1 aliphatic heterocycles. The summed E-state index contributed by atoms with van der Waals surface area (Å²) in [7, 11) is 0. The van der Waals surface area contributed by atoms with Gasteiger partial charge >= 0.3 is 6.09 Å². The summed E-state index contributed by atoms with van der Waals surface area (Å²) < 4.78 is 0.944. The largest absolute Gasteiger partial charge is 0.465 e. The Morgan fingerprint density at radius 3 is 2.22 bits per heavy atom. The second-order valence-electron chi connectivity index (χ2n) is 4.42. The third-order valence-electron chi connectivity index (χ3n) is 3.27. The van der Waals surface area contributed by atoms with Crippen molar-refractivity contribution >= 4 is 27.8 Å². The van der Waals surface area contributed by atoms with Crippen molar-refractivity contribution in [3.63, 3.8) is 0 Å². The quantitative estimate of drug-likeness (QED) is 0.854. The van der Waals surface area contributed by atoms with E-state index in [9.17, 15) is 9.59 Å². The number of ketones is 1. The van der Waals surface area contributed by atoms with Crippen molar-refractivity contribution in [2.75, 3.05) is 13.1 Å². The summed E-state index contributed by atoms with van der Waals surface area (Å²) in [4.78, 5) is 24.3. The lowest BCUT2D eigenvalue weighted by Gasteiger charge is -2.29. The Labute approximate surface area is 114 Å². The van der Waals surface area contributed by atoms with Crippen LogP contribution < -0.4 is 0 Å². The number of hydrogen-bond donors (Lipinski definition) is 1. The first kappa shape index (κ1) is 13.1. The minimum atomic E-state index is -0.899. The smallest absolute Gasteiger partial charge is 0.407 e. The number of piperidine rings is 1. The Balaban J connectivity index is 1.99. The zero-order chi connectivity index (χ0) is 13.1. The van der Waals surface area contributed by atoms with Crippen LogP contribution in [0.3, 0.4) is 0 Å². The lowest BCUT2D eigenvalue weighted by molar-refractivity contribution is 0.0821. The summed E-state index contributed by atoms with van der Waals surface area (Å²) >= 11 is 3.33.